The van der Waals surface area contributed by atoms with Crippen LogP contribution in [0.25, 0.3) is 0 Å². The second-order valence-corrected chi connectivity index (χ2v) is 4.85. The summed E-state index contributed by atoms with van der Waals surface area (Å²) in [6, 6.07) is 0.460. The van der Waals surface area contributed by atoms with E-state index in [1.165, 1.54) is 11.3 Å². The first kappa shape index (κ1) is 11.2. The molecule has 1 unspecified atom stereocenters. The topological polar surface area (TPSA) is 42.3 Å². The average molecular weight is 236 g/mol. The molecule has 5 nitrogen and oxygen atoms in total. The zero-order valence-corrected chi connectivity index (χ0v) is 10.4. The molecule has 2 aliphatic rings. The first-order valence-corrected chi connectivity index (χ1v) is 6.42. The molecule has 0 aliphatic carbocycles. The largest absolute Gasteiger partial charge is 0.379 e. The molecule has 1 aromatic heterocycles. The van der Waals surface area contributed by atoms with Gasteiger partial charge in [-0.3, -0.25) is 9.58 Å². The Bertz CT molecular complexity index is 384. The van der Waals surface area contributed by atoms with Gasteiger partial charge in [-0.25, -0.2) is 0 Å². The van der Waals surface area contributed by atoms with Crippen molar-refractivity contribution in [1.29, 1.82) is 0 Å². The van der Waals surface area contributed by atoms with E-state index in [0.717, 1.165) is 45.9 Å². The predicted octanol–water partition coefficient (Wildman–Crippen LogP) is 0.379. The van der Waals surface area contributed by atoms with Crippen LogP contribution in [-0.2, 0) is 17.8 Å². The van der Waals surface area contributed by atoms with Crippen LogP contribution in [-0.4, -0.2) is 47.5 Å². The molecule has 0 radical (unpaired) electrons. The maximum Gasteiger partial charge on any atom is 0.0810 e. The second-order valence-electron chi connectivity index (χ2n) is 4.85. The molecule has 0 saturated carbocycles. The summed E-state index contributed by atoms with van der Waals surface area (Å²) in [6.07, 6.45) is 2.19. The van der Waals surface area contributed by atoms with Gasteiger partial charge in [0.15, 0.2) is 0 Å². The highest BCUT2D eigenvalue weighted by Gasteiger charge is 2.21. The normalized spacial score (nSPS) is 25.1. The summed E-state index contributed by atoms with van der Waals surface area (Å²) >= 11 is 0. The van der Waals surface area contributed by atoms with Crippen LogP contribution in [0.1, 0.15) is 24.2 Å². The van der Waals surface area contributed by atoms with Crippen molar-refractivity contribution in [3.05, 3.63) is 17.5 Å². The van der Waals surface area contributed by atoms with E-state index in [0.29, 0.717) is 6.04 Å². The summed E-state index contributed by atoms with van der Waals surface area (Å²) in [7, 11) is 0. The third-order valence-electron chi connectivity index (χ3n) is 3.66. The van der Waals surface area contributed by atoms with Crippen LogP contribution in [0.5, 0.6) is 0 Å². The fraction of sp³-hybridized carbons (Fsp3) is 0.750. The zero-order valence-electron chi connectivity index (χ0n) is 10.4. The van der Waals surface area contributed by atoms with Gasteiger partial charge in [0.2, 0.25) is 0 Å². The molecule has 1 N–H and O–H groups in total. The molecule has 1 saturated heterocycles. The monoisotopic (exact) mass is 236 g/mol. The number of nitrogens with one attached hydrogen (secondary N) is 1. The Morgan fingerprint density at radius 3 is 3.00 bits per heavy atom. The van der Waals surface area contributed by atoms with Gasteiger partial charge in [-0.2, -0.15) is 5.10 Å². The van der Waals surface area contributed by atoms with E-state index in [9.17, 15) is 0 Å². The Hall–Kier alpha value is -0.910. The second kappa shape index (κ2) is 4.76. The minimum absolute atomic E-state index is 0.460. The van der Waals surface area contributed by atoms with Gasteiger partial charge in [0.1, 0.15) is 0 Å². The molecule has 1 aromatic rings. The number of fused-ring (bicyclic) bond motifs is 1. The first-order valence-electron chi connectivity index (χ1n) is 6.42. The van der Waals surface area contributed by atoms with Crippen LogP contribution in [0.15, 0.2) is 6.20 Å². The van der Waals surface area contributed by atoms with Crippen molar-refractivity contribution in [1.82, 2.24) is 20.0 Å². The third-order valence-corrected chi connectivity index (χ3v) is 3.66. The van der Waals surface area contributed by atoms with Crippen molar-refractivity contribution in [2.45, 2.75) is 26.1 Å². The molecule has 17 heavy (non-hydrogen) atoms. The molecule has 0 bridgehead atoms. The molecule has 0 spiro atoms. The Labute approximate surface area is 102 Å². The van der Waals surface area contributed by atoms with Gasteiger partial charge in [-0.1, -0.05) is 0 Å². The summed E-state index contributed by atoms with van der Waals surface area (Å²) in [4.78, 5) is 2.44. The van der Waals surface area contributed by atoms with E-state index in [1.54, 1.807) is 0 Å². The van der Waals surface area contributed by atoms with Gasteiger partial charge in [0.25, 0.3) is 0 Å². The van der Waals surface area contributed by atoms with Gasteiger partial charge < -0.3 is 10.1 Å². The number of rotatable bonds is 3. The summed E-state index contributed by atoms with van der Waals surface area (Å²) < 4.78 is 7.44. The fourth-order valence-electron chi connectivity index (χ4n) is 2.52. The van der Waals surface area contributed by atoms with Crippen molar-refractivity contribution in [3.8, 4) is 0 Å². The zero-order chi connectivity index (χ0) is 11.7. The number of ether oxygens (including phenoxy) is 1. The molecular formula is C12H20N4O. The van der Waals surface area contributed by atoms with Crippen molar-refractivity contribution in [2.75, 3.05) is 32.8 Å². The lowest BCUT2D eigenvalue weighted by Crippen LogP contribution is -2.38. The van der Waals surface area contributed by atoms with Gasteiger partial charge in [-0.05, 0) is 6.92 Å². The standard InChI is InChI=1S/C12H20N4O/c1-10-11-9-16(14-12(11)8-13-10)3-2-15-4-6-17-7-5-15/h9-10,13H,2-8H2,1H3. The molecule has 1 atom stereocenters. The van der Waals surface area contributed by atoms with E-state index in [4.69, 9.17) is 4.74 Å². The number of morpholine rings is 1. The molecule has 3 heterocycles. The van der Waals surface area contributed by atoms with E-state index < -0.39 is 0 Å². The lowest BCUT2D eigenvalue weighted by atomic mass is 10.2. The van der Waals surface area contributed by atoms with E-state index >= 15 is 0 Å². The van der Waals surface area contributed by atoms with E-state index in [1.807, 2.05) is 0 Å². The maximum absolute atomic E-state index is 5.34. The van der Waals surface area contributed by atoms with Crippen molar-refractivity contribution < 1.29 is 4.74 Å². The Morgan fingerprint density at radius 2 is 2.24 bits per heavy atom. The molecule has 2 aliphatic heterocycles. The summed E-state index contributed by atoms with van der Waals surface area (Å²) in [5.74, 6) is 0. The van der Waals surface area contributed by atoms with Crippen LogP contribution in [0.3, 0.4) is 0 Å². The van der Waals surface area contributed by atoms with Gasteiger partial charge >= 0.3 is 0 Å². The fourth-order valence-corrected chi connectivity index (χ4v) is 2.52. The lowest BCUT2D eigenvalue weighted by molar-refractivity contribution is 0.0359. The highest BCUT2D eigenvalue weighted by Crippen LogP contribution is 2.22. The lowest BCUT2D eigenvalue weighted by Gasteiger charge is -2.26. The van der Waals surface area contributed by atoms with Crippen LogP contribution >= 0.6 is 0 Å². The molecule has 0 aromatic carbocycles. The minimum atomic E-state index is 0.460. The van der Waals surface area contributed by atoms with Crippen LogP contribution in [0.2, 0.25) is 0 Å². The van der Waals surface area contributed by atoms with Gasteiger partial charge in [0.05, 0.1) is 25.5 Å². The summed E-state index contributed by atoms with van der Waals surface area (Å²) in [5, 5.41) is 8.02. The number of aromatic nitrogens is 2. The van der Waals surface area contributed by atoms with Crippen LogP contribution < -0.4 is 5.32 Å². The van der Waals surface area contributed by atoms with Gasteiger partial charge in [-0.15, -0.1) is 0 Å². The maximum atomic E-state index is 5.34. The Morgan fingerprint density at radius 1 is 1.41 bits per heavy atom. The number of hydrogen-bond acceptors (Lipinski definition) is 4. The predicted molar refractivity (Wildman–Crippen MR) is 64.7 cm³/mol. The van der Waals surface area contributed by atoms with Gasteiger partial charge in [0, 0.05) is 44.0 Å². The minimum Gasteiger partial charge on any atom is -0.379 e. The summed E-state index contributed by atoms with van der Waals surface area (Å²) in [5.41, 5.74) is 2.59. The quantitative estimate of drug-likeness (QED) is 0.824. The molecule has 94 valence electrons. The Balaban J connectivity index is 1.56. The number of nitrogens with zero attached hydrogens (tertiary/aromatic N) is 3. The molecule has 1 fully saturated rings. The van der Waals surface area contributed by atoms with Crippen molar-refractivity contribution in [2.24, 2.45) is 0 Å². The highest BCUT2D eigenvalue weighted by atomic mass is 16.5. The van der Waals surface area contributed by atoms with E-state index in [2.05, 4.69) is 33.1 Å². The number of hydrogen-bond donors (Lipinski definition) is 1. The van der Waals surface area contributed by atoms with Crippen molar-refractivity contribution in [3.63, 3.8) is 0 Å². The first-order chi connectivity index (χ1) is 8.33. The average Bonchev–Trinajstić information content (AvgIpc) is 2.91. The smallest absolute Gasteiger partial charge is 0.0810 e. The van der Waals surface area contributed by atoms with E-state index in [-0.39, 0.29) is 0 Å². The third kappa shape index (κ3) is 2.36. The van der Waals surface area contributed by atoms with Crippen molar-refractivity contribution >= 4 is 0 Å². The Kier molecular flexibility index (Phi) is 3.13. The summed E-state index contributed by atoms with van der Waals surface area (Å²) in [6.45, 7) is 9.03. The molecular weight excluding hydrogens is 216 g/mol. The van der Waals surface area contributed by atoms with Crippen LogP contribution in [0, 0.1) is 0 Å². The molecule has 0 amide bonds. The molecule has 3 rings (SSSR count). The molecule has 5 heteroatoms. The highest BCUT2D eigenvalue weighted by molar-refractivity contribution is 5.25. The SMILES string of the molecule is CC1NCc2nn(CCN3CCOCC3)cc21. The van der Waals surface area contributed by atoms with Crippen LogP contribution in [0.4, 0.5) is 0 Å².